The van der Waals surface area contributed by atoms with Crippen LogP contribution >= 0.6 is 11.3 Å². The quantitative estimate of drug-likeness (QED) is 0.354. The molecule has 0 saturated carbocycles. The summed E-state index contributed by atoms with van der Waals surface area (Å²) in [6.45, 7) is 4.99. The summed E-state index contributed by atoms with van der Waals surface area (Å²) in [5.41, 5.74) is 3.63. The van der Waals surface area contributed by atoms with Crippen molar-refractivity contribution in [1.29, 1.82) is 0 Å². The highest BCUT2D eigenvalue weighted by atomic mass is 32.1. The maximum absolute atomic E-state index is 13.6. The van der Waals surface area contributed by atoms with Crippen molar-refractivity contribution in [1.82, 2.24) is 9.80 Å². The van der Waals surface area contributed by atoms with Crippen LogP contribution in [0.1, 0.15) is 51.3 Å². The molecule has 0 saturated heterocycles. The fraction of sp³-hybridized carbons (Fsp3) is 0.308. The van der Waals surface area contributed by atoms with Crippen molar-refractivity contribution in [3.05, 3.63) is 97.2 Å². The minimum absolute atomic E-state index is 0.0362. The molecule has 0 spiro atoms. The summed E-state index contributed by atoms with van der Waals surface area (Å²) in [5.74, 6) is -0.403. The lowest BCUT2D eigenvalue weighted by Gasteiger charge is -2.38. The number of thiophene rings is 1. The Hall–Kier alpha value is -3.52. The van der Waals surface area contributed by atoms with Crippen molar-refractivity contribution in [2.75, 3.05) is 19.6 Å². The second kappa shape index (κ2) is 10.2. The van der Waals surface area contributed by atoms with E-state index in [0.717, 1.165) is 23.1 Å². The fourth-order valence-electron chi connectivity index (χ4n) is 4.50. The summed E-state index contributed by atoms with van der Waals surface area (Å²) in [6.07, 6.45) is 1.49. The molecule has 0 fully saturated rings. The lowest BCUT2D eigenvalue weighted by atomic mass is 9.90. The van der Waals surface area contributed by atoms with E-state index in [4.69, 9.17) is 0 Å². The average Bonchev–Trinajstić information content (AvgIpc) is 3.32. The van der Waals surface area contributed by atoms with Crippen LogP contribution in [-0.2, 0) is 11.2 Å². The summed E-state index contributed by atoms with van der Waals surface area (Å²) in [5, 5.41) is 13.0. The van der Waals surface area contributed by atoms with E-state index in [2.05, 4.69) is 30.5 Å². The molecule has 8 heteroatoms. The predicted molar refractivity (Wildman–Crippen MR) is 132 cm³/mol. The first kappa shape index (κ1) is 23.6. The van der Waals surface area contributed by atoms with Crippen molar-refractivity contribution in [3.8, 4) is 0 Å². The number of carbonyl (C=O) groups is 2. The first-order valence-corrected chi connectivity index (χ1v) is 12.2. The lowest BCUT2D eigenvalue weighted by molar-refractivity contribution is -0.384. The van der Waals surface area contributed by atoms with Gasteiger partial charge in [-0.2, -0.15) is 0 Å². The maximum atomic E-state index is 13.6. The Balaban J connectivity index is 1.60. The zero-order valence-corrected chi connectivity index (χ0v) is 20.1. The van der Waals surface area contributed by atoms with E-state index in [-0.39, 0.29) is 30.1 Å². The van der Waals surface area contributed by atoms with Crippen molar-refractivity contribution >= 4 is 28.8 Å². The number of rotatable bonds is 7. The number of amides is 2. The number of nitrogens with zero attached hydrogens (tertiary/aromatic N) is 3. The molecule has 1 aromatic heterocycles. The van der Waals surface area contributed by atoms with Crippen LogP contribution in [0.3, 0.4) is 0 Å². The molecule has 2 heterocycles. The molecule has 2 amide bonds. The Kier molecular flexibility index (Phi) is 7.07. The Morgan fingerprint density at radius 1 is 1.12 bits per heavy atom. The number of hydrogen-bond acceptors (Lipinski definition) is 5. The van der Waals surface area contributed by atoms with Gasteiger partial charge in [0.2, 0.25) is 5.91 Å². The minimum atomic E-state index is -0.498. The van der Waals surface area contributed by atoms with Gasteiger partial charge in [-0.1, -0.05) is 31.2 Å². The average molecular weight is 478 g/mol. The van der Waals surface area contributed by atoms with E-state index >= 15 is 0 Å². The van der Waals surface area contributed by atoms with Gasteiger partial charge < -0.3 is 9.80 Å². The Bertz CT molecular complexity index is 1200. The van der Waals surface area contributed by atoms with E-state index in [1.807, 2.05) is 24.0 Å². The maximum Gasteiger partial charge on any atom is 0.269 e. The second-order valence-electron chi connectivity index (χ2n) is 8.43. The summed E-state index contributed by atoms with van der Waals surface area (Å²) in [7, 11) is 0. The van der Waals surface area contributed by atoms with Crippen LogP contribution in [0.2, 0.25) is 0 Å². The Morgan fingerprint density at radius 3 is 2.53 bits per heavy atom. The third-order valence-corrected chi connectivity index (χ3v) is 7.20. The van der Waals surface area contributed by atoms with Gasteiger partial charge in [0.15, 0.2) is 0 Å². The van der Waals surface area contributed by atoms with Gasteiger partial charge in [-0.25, -0.2) is 0 Å². The van der Waals surface area contributed by atoms with Gasteiger partial charge in [-0.05, 0) is 60.0 Å². The molecular weight excluding hydrogens is 450 g/mol. The molecule has 0 radical (unpaired) electrons. The standard InChI is InChI=1S/C26H27N3O4S/c1-3-14-27(26(31)19-8-10-20(11-9-19)29(32)33)17-24(30)28-15-12-23-22(13-16-34-23)25(28)21-7-5-4-6-18(21)2/h4-11,13,16,25H,3,12,14-15,17H2,1-2H3. The molecule has 7 nitrogen and oxygen atoms in total. The third kappa shape index (κ3) is 4.72. The second-order valence-corrected chi connectivity index (χ2v) is 9.43. The van der Waals surface area contributed by atoms with Gasteiger partial charge in [0.05, 0.1) is 11.0 Å². The zero-order valence-electron chi connectivity index (χ0n) is 19.3. The number of nitro benzene ring substituents is 1. The number of benzene rings is 2. The fourth-order valence-corrected chi connectivity index (χ4v) is 5.40. The van der Waals surface area contributed by atoms with Crippen molar-refractivity contribution in [2.45, 2.75) is 32.7 Å². The van der Waals surface area contributed by atoms with E-state index in [1.54, 1.807) is 16.2 Å². The number of nitro groups is 1. The molecule has 1 aliphatic heterocycles. The Labute approximate surface area is 202 Å². The van der Waals surface area contributed by atoms with Gasteiger partial charge in [-0.15, -0.1) is 11.3 Å². The molecular formula is C26H27N3O4S. The predicted octanol–water partition coefficient (Wildman–Crippen LogP) is 4.99. The van der Waals surface area contributed by atoms with Crippen LogP contribution in [0.25, 0.3) is 0 Å². The first-order chi connectivity index (χ1) is 16.4. The summed E-state index contributed by atoms with van der Waals surface area (Å²) in [4.78, 5) is 42.0. The molecule has 0 bridgehead atoms. The molecule has 1 atom stereocenters. The van der Waals surface area contributed by atoms with Crippen LogP contribution in [0.15, 0.2) is 60.0 Å². The molecule has 34 heavy (non-hydrogen) atoms. The topological polar surface area (TPSA) is 83.8 Å². The van der Waals surface area contributed by atoms with Crippen LogP contribution in [-0.4, -0.2) is 46.2 Å². The lowest BCUT2D eigenvalue weighted by Crippen LogP contribution is -2.47. The smallest absolute Gasteiger partial charge is 0.269 e. The zero-order chi connectivity index (χ0) is 24.2. The SMILES string of the molecule is CCCN(CC(=O)N1CCc2sccc2C1c1ccccc1C)C(=O)c1ccc([N+](=O)[O-])cc1. The van der Waals surface area contributed by atoms with Crippen molar-refractivity contribution in [3.63, 3.8) is 0 Å². The van der Waals surface area contributed by atoms with Gasteiger partial charge in [0.1, 0.15) is 6.54 Å². The molecule has 0 N–H and O–H groups in total. The minimum Gasteiger partial charge on any atom is -0.330 e. The number of hydrogen-bond donors (Lipinski definition) is 0. The highest BCUT2D eigenvalue weighted by molar-refractivity contribution is 7.10. The van der Waals surface area contributed by atoms with Gasteiger partial charge in [0.25, 0.3) is 11.6 Å². The Morgan fingerprint density at radius 2 is 1.85 bits per heavy atom. The van der Waals surface area contributed by atoms with E-state index in [9.17, 15) is 19.7 Å². The highest BCUT2D eigenvalue weighted by Gasteiger charge is 2.34. The molecule has 4 rings (SSSR count). The number of carbonyl (C=O) groups excluding carboxylic acids is 2. The van der Waals surface area contributed by atoms with E-state index < -0.39 is 4.92 Å². The number of aryl methyl sites for hydroxylation is 1. The van der Waals surface area contributed by atoms with Gasteiger partial charge >= 0.3 is 0 Å². The summed E-state index contributed by atoms with van der Waals surface area (Å²) < 4.78 is 0. The monoisotopic (exact) mass is 477 g/mol. The van der Waals surface area contributed by atoms with E-state index in [0.29, 0.717) is 25.1 Å². The third-order valence-electron chi connectivity index (χ3n) is 6.20. The summed E-state index contributed by atoms with van der Waals surface area (Å²) in [6, 6.07) is 15.6. The number of fused-ring (bicyclic) bond motifs is 1. The summed E-state index contributed by atoms with van der Waals surface area (Å²) >= 11 is 1.72. The van der Waals surface area contributed by atoms with Gasteiger partial charge in [0, 0.05) is 35.7 Å². The normalized spacial score (nSPS) is 15.0. The molecule has 0 aliphatic carbocycles. The van der Waals surface area contributed by atoms with Crippen molar-refractivity contribution in [2.24, 2.45) is 0 Å². The van der Waals surface area contributed by atoms with Crippen molar-refractivity contribution < 1.29 is 14.5 Å². The van der Waals surface area contributed by atoms with Crippen LogP contribution in [0.4, 0.5) is 5.69 Å². The van der Waals surface area contributed by atoms with E-state index in [1.165, 1.54) is 29.1 Å². The molecule has 176 valence electrons. The molecule has 2 aromatic carbocycles. The van der Waals surface area contributed by atoms with Crippen LogP contribution < -0.4 is 0 Å². The first-order valence-electron chi connectivity index (χ1n) is 11.4. The van der Waals surface area contributed by atoms with Crippen LogP contribution in [0.5, 0.6) is 0 Å². The van der Waals surface area contributed by atoms with Crippen LogP contribution in [0, 0.1) is 17.0 Å². The van der Waals surface area contributed by atoms with Gasteiger partial charge in [-0.3, -0.25) is 19.7 Å². The number of non-ortho nitro benzene ring substituents is 1. The highest BCUT2D eigenvalue weighted by Crippen LogP contribution is 2.39. The molecule has 1 aliphatic rings. The molecule has 1 unspecified atom stereocenters. The molecule has 3 aromatic rings. The largest absolute Gasteiger partial charge is 0.330 e.